The molecular weight excluding hydrogens is 356 g/mol. The largest absolute Gasteiger partial charge is 0.416 e. The monoisotopic (exact) mass is 390 g/mol. The van der Waals surface area contributed by atoms with Gasteiger partial charge in [-0.15, -0.1) is 0 Å². The van der Waals surface area contributed by atoms with E-state index >= 15 is 0 Å². The van der Waals surface area contributed by atoms with Crippen molar-refractivity contribution in [2.75, 3.05) is 6.61 Å². The van der Waals surface area contributed by atoms with Gasteiger partial charge in [-0.2, -0.15) is 4.21 Å². The molecule has 7 heteroatoms. The molecule has 0 radical (unpaired) electrons. The van der Waals surface area contributed by atoms with E-state index in [2.05, 4.69) is 54.6 Å². The molecule has 5 nitrogen and oxygen atoms in total. The molecule has 3 fully saturated rings. The molecular formula is C18H34O5SSi. The van der Waals surface area contributed by atoms with Crippen LogP contribution in [0.3, 0.4) is 0 Å². The minimum atomic E-state index is -1.85. The van der Waals surface area contributed by atoms with E-state index in [9.17, 15) is 4.21 Å². The van der Waals surface area contributed by atoms with Gasteiger partial charge in [0.15, 0.2) is 8.32 Å². The summed E-state index contributed by atoms with van der Waals surface area (Å²) in [6, 6.07) is 0. The van der Waals surface area contributed by atoms with Gasteiger partial charge in [0.2, 0.25) is 0 Å². The van der Waals surface area contributed by atoms with E-state index in [0.717, 1.165) is 6.42 Å². The molecule has 0 aromatic rings. The van der Waals surface area contributed by atoms with E-state index in [0.29, 0.717) is 12.5 Å². The van der Waals surface area contributed by atoms with Crippen LogP contribution in [0.2, 0.25) is 18.1 Å². The molecule has 0 bridgehead atoms. The maximum atomic E-state index is 11.9. The summed E-state index contributed by atoms with van der Waals surface area (Å²) in [5, 5.41) is 0.168. The maximum Gasteiger partial charge on any atom is 0.305 e. The zero-order chi connectivity index (χ0) is 19.1. The highest BCUT2D eigenvalue weighted by molar-refractivity contribution is 7.75. The molecule has 3 aliphatic rings. The quantitative estimate of drug-likeness (QED) is 0.680. The van der Waals surface area contributed by atoms with Gasteiger partial charge in [-0.3, -0.25) is 8.37 Å². The van der Waals surface area contributed by atoms with Crippen molar-refractivity contribution in [3.05, 3.63) is 0 Å². The molecule has 1 aliphatic heterocycles. The van der Waals surface area contributed by atoms with E-state index < -0.39 is 25.3 Å². The van der Waals surface area contributed by atoms with Crippen LogP contribution in [0.1, 0.15) is 54.9 Å². The van der Waals surface area contributed by atoms with Crippen molar-refractivity contribution in [2.45, 2.75) is 96.4 Å². The standard InChI is InChI=1S/C18H34O5SSi/c1-15(2,3)21-14-17(7)13(22-24(19)23-17)12-10-18(12,14)11-20-25(8,9)16(4,5)6/h12-14H,10-11H2,1-9H3/t12-,13+,14+,17+,18+,24?/m1/s1. The van der Waals surface area contributed by atoms with E-state index in [1.807, 2.05) is 6.92 Å². The van der Waals surface area contributed by atoms with Gasteiger partial charge in [0.25, 0.3) is 0 Å². The average Bonchev–Trinajstić information content (AvgIpc) is 2.99. The van der Waals surface area contributed by atoms with Crippen molar-refractivity contribution in [1.29, 1.82) is 0 Å². The lowest BCUT2D eigenvalue weighted by molar-refractivity contribution is -0.160. The molecule has 1 heterocycles. The second kappa shape index (κ2) is 5.61. The van der Waals surface area contributed by atoms with Crippen molar-refractivity contribution in [1.82, 2.24) is 0 Å². The topological polar surface area (TPSA) is 54.0 Å². The van der Waals surface area contributed by atoms with Crippen molar-refractivity contribution in [2.24, 2.45) is 11.3 Å². The molecule has 25 heavy (non-hydrogen) atoms. The molecule has 0 aromatic heterocycles. The van der Waals surface area contributed by atoms with Crippen LogP contribution in [0.15, 0.2) is 0 Å². The molecule has 146 valence electrons. The zero-order valence-corrected chi connectivity index (χ0v) is 18.9. The van der Waals surface area contributed by atoms with Crippen LogP contribution in [-0.4, -0.2) is 42.5 Å². The summed E-state index contributed by atoms with van der Waals surface area (Å²) in [6.07, 6.45) is 0.637. The Morgan fingerprint density at radius 1 is 1.20 bits per heavy atom. The molecule has 1 unspecified atom stereocenters. The molecule has 0 amide bonds. The van der Waals surface area contributed by atoms with Gasteiger partial charge in [-0.05, 0) is 52.2 Å². The fourth-order valence-electron chi connectivity index (χ4n) is 4.05. The number of fused-ring (bicyclic) bond motifs is 3. The summed E-state index contributed by atoms with van der Waals surface area (Å²) in [5.41, 5.74) is -1.07. The lowest BCUT2D eigenvalue weighted by atomic mass is 9.89. The molecule has 0 N–H and O–H groups in total. The maximum absolute atomic E-state index is 11.9. The number of rotatable bonds is 4. The number of ether oxygens (including phenoxy) is 1. The minimum Gasteiger partial charge on any atom is -0.416 e. The molecule has 0 spiro atoms. The number of hydrogen-bond acceptors (Lipinski definition) is 5. The smallest absolute Gasteiger partial charge is 0.305 e. The summed E-state index contributed by atoms with van der Waals surface area (Å²) in [6.45, 7) is 20.1. The Bertz CT molecular complexity index is 581. The Labute approximate surface area is 156 Å². The third-order valence-electron chi connectivity index (χ3n) is 6.56. The second-order valence-corrected chi connectivity index (χ2v) is 16.3. The molecule has 2 aliphatic carbocycles. The Kier molecular flexibility index (Phi) is 4.48. The summed E-state index contributed by atoms with van der Waals surface area (Å²) in [4.78, 5) is 0. The summed E-state index contributed by atoms with van der Waals surface area (Å²) < 4.78 is 36.3. The third kappa shape index (κ3) is 3.19. The Morgan fingerprint density at radius 3 is 2.32 bits per heavy atom. The van der Waals surface area contributed by atoms with Gasteiger partial charge in [0, 0.05) is 17.9 Å². The van der Waals surface area contributed by atoms with Crippen molar-refractivity contribution in [3.63, 3.8) is 0 Å². The van der Waals surface area contributed by atoms with Crippen LogP contribution in [0.4, 0.5) is 0 Å². The van der Waals surface area contributed by atoms with Gasteiger partial charge < -0.3 is 9.16 Å². The molecule has 6 atom stereocenters. The first-order valence-electron chi connectivity index (χ1n) is 9.23. The van der Waals surface area contributed by atoms with Crippen molar-refractivity contribution < 1.29 is 21.7 Å². The van der Waals surface area contributed by atoms with Crippen LogP contribution >= 0.6 is 0 Å². The summed E-state index contributed by atoms with van der Waals surface area (Å²) in [7, 11) is -1.85. The van der Waals surface area contributed by atoms with Gasteiger partial charge in [0.05, 0.1) is 11.7 Å². The van der Waals surface area contributed by atoms with E-state index in [1.165, 1.54) is 0 Å². The van der Waals surface area contributed by atoms with Gasteiger partial charge >= 0.3 is 11.4 Å². The fourth-order valence-corrected chi connectivity index (χ4v) is 6.12. The van der Waals surface area contributed by atoms with Crippen molar-refractivity contribution >= 4 is 19.7 Å². The van der Waals surface area contributed by atoms with Crippen LogP contribution in [-0.2, 0) is 28.9 Å². The summed E-state index contributed by atoms with van der Waals surface area (Å²) in [5.74, 6) is 0.293. The van der Waals surface area contributed by atoms with Crippen LogP contribution in [0.5, 0.6) is 0 Å². The predicted octanol–water partition coefficient (Wildman–Crippen LogP) is 3.96. The second-order valence-electron chi connectivity index (χ2n) is 10.7. The van der Waals surface area contributed by atoms with E-state index in [1.54, 1.807) is 0 Å². The van der Waals surface area contributed by atoms with E-state index in [-0.39, 0.29) is 28.3 Å². The highest BCUT2D eigenvalue weighted by atomic mass is 32.2. The first-order chi connectivity index (χ1) is 11.1. The molecule has 3 rings (SSSR count). The first-order valence-corrected chi connectivity index (χ1v) is 13.1. The third-order valence-corrected chi connectivity index (χ3v) is 11.9. The van der Waals surface area contributed by atoms with Gasteiger partial charge in [-0.1, -0.05) is 20.8 Å². The Balaban J connectivity index is 1.85. The number of hydrogen-bond donors (Lipinski definition) is 0. The minimum absolute atomic E-state index is 0.0904. The molecule has 2 saturated carbocycles. The average molecular weight is 391 g/mol. The SMILES string of the molecule is CC(C)(C)O[C@@H]1[C@]2(CO[Si](C)(C)C(C)(C)C)C[C@@H]2[C@@H]2OS(=O)O[C@]12C. The zero-order valence-electron chi connectivity index (χ0n) is 17.1. The Hall–Kier alpha value is 0.207. The van der Waals surface area contributed by atoms with Gasteiger partial charge in [0.1, 0.15) is 11.7 Å². The van der Waals surface area contributed by atoms with Gasteiger partial charge in [-0.25, -0.2) is 0 Å². The molecule has 1 saturated heterocycles. The first kappa shape index (κ1) is 20.0. The van der Waals surface area contributed by atoms with Crippen LogP contribution in [0, 0.1) is 11.3 Å². The van der Waals surface area contributed by atoms with Crippen molar-refractivity contribution in [3.8, 4) is 0 Å². The Morgan fingerprint density at radius 2 is 1.80 bits per heavy atom. The highest BCUT2D eigenvalue weighted by Crippen LogP contribution is 2.71. The predicted molar refractivity (Wildman–Crippen MR) is 101 cm³/mol. The lowest BCUT2D eigenvalue weighted by Crippen LogP contribution is -2.52. The normalized spacial score (nSPS) is 43.9. The van der Waals surface area contributed by atoms with Crippen LogP contribution in [0.25, 0.3) is 0 Å². The molecule has 0 aromatic carbocycles. The van der Waals surface area contributed by atoms with Crippen LogP contribution < -0.4 is 0 Å². The van der Waals surface area contributed by atoms with E-state index in [4.69, 9.17) is 17.5 Å². The highest BCUT2D eigenvalue weighted by Gasteiger charge is 2.80. The fraction of sp³-hybridized carbons (Fsp3) is 1.00. The summed E-state index contributed by atoms with van der Waals surface area (Å²) >= 11 is -1.68. The lowest BCUT2D eigenvalue weighted by Gasteiger charge is -2.41.